The van der Waals surface area contributed by atoms with Crippen LogP contribution < -0.4 is 5.32 Å². The molecule has 162 valence electrons. The van der Waals surface area contributed by atoms with Crippen LogP contribution in [0.1, 0.15) is 29.8 Å². The van der Waals surface area contributed by atoms with E-state index in [1.807, 2.05) is 5.38 Å². The van der Waals surface area contributed by atoms with Crippen LogP contribution in [0, 0.1) is 0 Å². The van der Waals surface area contributed by atoms with Crippen molar-refractivity contribution in [2.75, 3.05) is 12.4 Å². The Labute approximate surface area is 185 Å². The number of nitrogens with zero attached hydrogens (tertiary/aromatic N) is 1. The first-order valence-corrected chi connectivity index (χ1v) is 11.9. The van der Waals surface area contributed by atoms with Crippen molar-refractivity contribution in [2.24, 2.45) is 0 Å². The molecule has 1 N–H and O–H groups in total. The normalized spacial score (nSPS) is 11.4. The molecule has 0 radical (unpaired) electrons. The molecule has 0 aliphatic rings. The van der Waals surface area contributed by atoms with Gasteiger partial charge in [0.1, 0.15) is 0 Å². The number of amides is 1. The Bertz CT molecular complexity index is 1180. The van der Waals surface area contributed by atoms with Gasteiger partial charge in [0.2, 0.25) is 5.91 Å². The van der Waals surface area contributed by atoms with Crippen LogP contribution in [0.4, 0.5) is 5.13 Å². The molecular weight excluding hydrogens is 436 g/mol. The van der Waals surface area contributed by atoms with Crippen molar-refractivity contribution in [1.82, 2.24) is 4.98 Å². The van der Waals surface area contributed by atoms with E-state index in [1.54, 1.807) is 50.2 Å². The summed E-state index contributed by atoms with van der Waals surface area (Å²) in [6.45, 7) is 3.26. The third-order valence-corrected chi connectivity index (χ3v) is 7.52. The number of benzene rings is 2. The van der Waals surface area contributed by atoms with Crippen molar-refractivity contribution < 1.29 is 22.7 Å². The zero-order valence-corrected chi connectivity index (χ0v) is 18.9. The largest absolute Gasteiger partial charge is 0.465 e. The van der Waals surface area contributed by atoms with Crippen molar-refractivity contribution >= 4 is 38.2 Å². The zero-order valence-electron chi connectivity index (χ0n) is 17.3. The van der Waals surface area contributed by atoms with Crippen molar-refractivity contribution in [3.05, 3.63) is 65.0 Å². The van der Waals surface area contributed by atoms with E-state index in [0.29, 0.717) is 22.0 Å². The number of hydrogen-bond acceptors (Lipinski definition) is 7. The number of anilines is 1. The highest BCUT2D eigenvalue weighted by molar-refractivity contribution is 7.92. The predicted octanol–water partition coefficient (Wildman–Crippen LogP) is 3.96. The highest BCUT2D eigenvalue weighted by atomic mass is 32.2. The molecule has 0 spiro atoms. The maximum absolute atomic E-state index is 12.4. The molecule has 1 amide bonds. The summed E-state index contributed by atoms with van der Waals surface area (Å²) in [6, 6.07) is 13.2. The lowest BCUT2D eigenvalue weighted by atomic mass is 10.1. The van der Waals surface area contributed by atoms with Crippen molar-refractivity contribution in [3.8, 4) is 11.3 Å². The molecular formula is C22H22N2O5S2. The minimum absolute atomic E-state index is 0.102. The first-order valence-electron chi connectivity index (χ1n) is 9.47. The molecule has 1 heterocycles. The molecule has 0 fully saturated rings. The highest BCUT2D eigenvalue weighted by Crippen LogP contribution is 2.25. The number of ether oxygens (including phenoxy) is 1. The second kappa shape index (κ2) is 9.40. The number of esters is 1. The molecule has 1 aromatic heterocycles. The molecule has 0 aliphatic carbocycles. The van der Waals surface area contributed by atoms with Gasteiger partial charge in [-0.15, -0.1) is 11.3 Å². The molecule has 2 aromatic carbocycles. The van der Waals surface area contributed by atoms with E-state index in [2.05, 4.69) is 15.0 Å². The van der Waals surface area contributed by atoms with Crippen LogP contribution in [0.3, 0.4) is 0 Å². The van der Waals surface area contributed by atoms with Gasteiger partial charge in [-0.3, -0.25) is 4.79 Å². The summed E-state index contributed by atoms with van der Waals surface area (Å²) >= 11 is 1.29. The predicted molar refractivity (Wildman–Crippen MR) is 120 cm³/mol. The van der Waals surface area contributed by atoms with Crippen molar-refractivity contribution in [3.63, 3.8) is 0 Å². The van der Waals surface area contributed by atoms with Gasteiger partial charge in [0.25, 0.3) is 0 Å². The molecule has 0 aliphatic heterocycles. The fourth-order valence-corrected chi connectivity index (χ4v) is 4.57. The Kier molecular flexibility index (Phi) is 6.87. The summed E-state index contributed by atoms with van der Waals surface area (Å²) in [5.74, 6) is -0.658. The Balaban J connectivity index is 1.63. The van der Waals surface area contributed by atoms with Crippen LogP contribution in [0.25, 0.3) is 11.3 Å². The standard InChI is InChI=1S/C22H22N2O5S2/c1-14(2)31(27,28)18-10-4-15(5-11-18)12-20(25)24-22-23-19(13-30-22)16-6-8-17(9-7-16)21(26)29-3/h4-11,13-14H,12H2,1-3H3,(H,23,24,25). The van der Waals surface area contributed by atoms with E-state index in [-0.39, 0.29) is 17.2 Å². The maximum atomic E-state index is 12.4. The number of carbonyl (C=O) groups is 2. The number of sulfone groups is 1. The first kappa shape index (κ1) is 22.6. The molecule has 31 heavy (non-hydrogen) atoms. The maximum Gasteiger partial charge on any atom is 0.337 e. The number of nitrogens with one attached hydrogen (secondary N) is 1. The van der Waals surface area contributed by atoms with Gasteiger partial charge in [0.15, 0.2) is 15.0 Å². The Morgan fingerprint density at radius 3 is 2.29 bits per heavy atom. The second-order valence-corrected chi connectivity index (χ2v) is 10.4. The lowest BCUT2D eigenvalue weighted by Gasteiger charge is -2.08. The van der Waals surface area contributed by atoms with Gasteiger partial charge in [-0.25, -0.2) is 18.2 Å². The third-order valence-electron chi connectivity index (χ3n) is 4.59. The zero-order chi connectivity index (χ0) is 22.6. The van der Waals surface area contributed by atoms with E-state index in [9.17, 15) is 18.0 Å². The summed E-state index contributed by atoms with van der Waals surface area (Å²) in [6.07, 6.45) is 0.102. The number of carbonyl (C=O) groups excluding carboxylic acids is 2. The molecule has 7 nitrogen and oxygen atoms in total. The Morgan fingerprint density at radius 1 is 1.06 bits per heavy atom. The quantitative estimate of drug-likeness (QED) is 0.538. The van der Waals surface area contributed by atoms with E-state index >= 15 is 0 Å². The molecule has 0 saturated heterocycles. The van der Waals surface area contributed by atoms with Crippen molar-refractivity contribution in [1.29, 1.82) is 0 Å². The molecule has 3 rings (SSSR count). The summed E-state index contributed by atoms with van der Waals surface area (Å²) in [4.78, 5) is 28.5. The minimum Gasteiger partial charge on any atom is -0.465 e. The average molecular weight is 459 g/mol. The van der Waals surface area contributed by atoms with Gasteiger partial charge in [-0.1, -0.05) is 24.3 Å². The van der Waals surface area contributed by atoms with Crippen LogP contribution in [-0.4, -0.2) is 37.6 Å². The smallest absolute Gasteiger partial charge is 0.337 e. The lowest BCUT2D eigenvalue weighted by molar-refractivity contribution is -0.115. The molecule has 0 saturated carbocycles. The monoisotopic (exact) mass is 458 g/mol. The van der Waals surface area contributed by atoms with E-state index in [0.717, 1.165) is 5.56 Å². The van der Waals surface area contributed by atoms with Gasteiger partial charge >= 0.3 is 5.97 Å². The second-order valence-electron chi connectivity index (χ2n) is 7.07. The number of methoxy groups -OCH3 is 1. The average Bonchev–Trinajstić information content (AvgIpc) is 3.21. The van der Waals surface area contributed by atoms with Crippen LogP contribution in [0.5, 0.6) is 0 Å². The lowest BCUT2D eigenvalue weighted by Crippen LogP contribution is -2.15. The first-order chi connectivity index (χ1) is 14.7. The number of hydrogen-bond donors (Lipinski definition) is 1. The van der Waals surface area contributed by atoms with Crippen LogP contribution in [0.2, 0.25) is 0 Å². The van der Waals surface area contributed by atoms with Crippen LogP contribution in [0.15, 0.2) is 58.8 Å². The minimum atomic E-state index is -3.34. The summed E-state index contributed by atoms with van der Waals surface area (Å²) in [5.41, 5.74) is 2.64. The van der Waals surface area contributed by atoms with Gasteiger partial charge in [-0.05, 0) is 43.7 Å². The van der Waals surface area contributed by atoms with Gasteiger partial charge in [0.05, 0.1) is 34.9 Å². The van der Waals surface area contributed by atoms with Crippen LogP contribution >= 0.6 is 11.3 Å². The van der Waals surface area contributed by atoms with E-state index in [4.69, 9.17) is 0 Å². The summed E-state index contributed by atoms with van der Waals surface area (Å²) < 4.78 is 29.1. The number of thiazole rings is 1. The fraction of sp³-hybridized carbons (Fsp3) is 0.227. The Morgan fingerprint density at radius 2 is 1.71 bits per heavy atom. The van der Waals surface area contributed by atoms with E-state index < -0.39 is 21.1 Å². The van der Waals surface area contributed by atoms with Gasteiger partial charge in [0, 0.05) is 10.9 Å². The van der Waals surface area contributed by atoms with Gasteiger partial charge in [-0.2, -0.15) is 0 Å². The van der Waals surface area contributed by atoms with Gasteiger partial charge < -0.3 is 10.1 Å². The Hall–Kier alpha value is -3.04. The topological polar surface area (TPSA) is 102 Å². The number of rotatable bonds is 7. The third kappa shape index (κ3) is 5.36. The number of aromatic nitrogens is 1. The highest BCUT2D eigenvalue weighted by Gasteiger charge is 2.19. The molecule has 3 aromatic rings. The molecule has 9 heteroatoms. The fourth-order valence-electron chi connectivity index (χ4n) is 2.78. The van der Waals surface area contributed by atoms with Crippen LogP contribution in [-0.2, 0) is 25.8 Å². The van der Waals surface area contributed by atoms with E-state index in [1.165, 1.54) is 30.6 Å². The summed E-state index contributed by atoms with van der Waals surface area (Å²) in [5, 5.41) is 4.52. The van der Waals surface area contributed by atoms with Crippen molar-refractivity contribution in [2.45, 2.75) is 30.4 Å². The molecule has 0 bridgehead atoms. The molecule has 0 unspecified atom stereocenters. The summed E-state index contributed by atoms with van der Waals surface area (Å²) in [7, 11) is -2.01. The molecule has 0 atom stereocenters. The SMILES string of the molecule is COC(=O)c1ccc(-c2csc(NC(=O)Cc3ccc(S(=O)(=O)C(C)C)cc3)n2)cc1.